The van der Waals surface area contributed by atoms with Crippen molar-refractivity contribution in [1.29, 1.82) is 0 Å². The zero-order chi connectivity index (χ0) is 15.7. The molecule has 1 unspecified atom stereocenters. The van der Waals surface area contributed by atoms with E-state index in [0.29, 0.717) is 13.1 Å². The second-order valence-corrected chi connectivity index (χ2v) is 7.92. The minimum Gasteiger partial charge on any atom is -0.314 e. The van der Waals surface area contributed by atoms with E-state index in [1.165, 1.54) is 16.4 Å². The predicted molar refractivity (Wildman–Crippen MR) is 83.0 cm³/mol. The minimum atomic E-state index is -3.89. The SMILES string of the molecule is O=S(=O)(c1c(F)cccc1Cl)N1CCC(N2CCNCC2)C1. The van der Waals surface area contributed by atoms with E-state index in [2.05, 4.69) is 10.2 Å². The lowest BCUT2D eigenvalue weighted by Crippen LogP contribution is -2.49. The van der Waals surface area contributed by atoms with Crippen LogP contribution in [0.3, 0.4) is 0 Å². The van der Waals surface area contributed by atoms with Gasteiger partial charge in [0.05, 0.1) is 5.02 Å². The van der Waals surface area contributed by atoms with Crippen LogP contribution in [0.15, 0.2) is 23.1 Å². The first-order valence-electron chi connectivity index (χ1n) is 7.39. The van der Waals surface area contributed by atoms with Crippen LogP contribution >= 0.6 is 11.6 Å². The number of rotatable bonds is 3. The van der Waals surface area contributed by atoms with Gasteiger partial charge in [0.15, 0.2) is 0 Å². The monoisotopic (exact) mass is 347 g/mol. The van der Waals surface area contributed by atoms with Crippen LogP contribution in [-0.4, -0.2) is 62.9 Å². The molecule has 1 aromatic rings. The topological polar surface area (TPSA) is 52.7 Å². The van der Waals surface area contributed by atoms with E-state index in [-0.39, 0.29) is 11.1 Å². The molecule has 0 radical (unpaired) electrons. The second kappa shape index (κ2) is 6.41. The zero-order valence-corrected chi connectivity index (χ0v) is 13.7. The first-order chi connectivity index (χ1) is 10.5. The van der Waals surface area contributed by atoms with Crippen molar-refractivity contribution in [1.82, 2.24) is 14.5 Å². The van der Waals surface area contributed by atoms with Crippen LogP contribution in [-0.2, 0) is 10.0 Å². The van der Waals surface area contributed by atoms with Crippen LogP contribution < -0.4 is 5.32 Å². The van der Waals surface area contributed by atoms with Crippen molar-refractivity contribution in [3.8, 4) is 0 Å². The summed E-state index contributed by atoms with van der Waals surface area (Å²) in [5.41, 5.74) is 0. The molecule has 5 nitrogen and oxygen atoms in total. The summed E-state index contributed by atoms with van der Waals surface area (Å²) in [5, 5.41) is 3.22. The van der Waals surface area contributed by atoms with Crippen molar-refractivity contribution >= 4 is 21.6 Å². The number of halogens is 2. The zero-order valence-electron chi connectivity index (χ0n) is 12.1. The lowest BCUT2D eigenvalue weighted by atomic mass is 10.2. The molecular weight excluding hydrogens is 329 g/mol. The Balaban J connectivity index is 1.79. The Bertz CT molecular complexity index is 629. The Morgan fingerprint density at radius 2 is 1.95 bits per heavy atom. The Kier molecular flexibility index (Phi) is 4.70. The van der Waals surface area contributed by atoms with Crippen molar-refractivity contribution < 1.29 is 12.8 Å². The summed E-state index contributed by atoms with van der Waals surface area (Å²) in [5.74, 6) is -0.793. The third-order valence-corrected chi connectivity index (χ3v) is 6.68. The molecule has 1 aromatic carbocycles. The lowest BCUT2D eigenvalue weighted by Gasteiger charge is -2.32. The molecule has 1 atom stereocenters. The third kappa shape index (κ3) is 3.00. The highest BCUT2D eigenvalue weighted by Crippen LogP contribution is 2.30. The maximum absolute atomic E-state index is 13.9. The predicted octanol–water partition coefficient (Wildman–Crippen LogP) is 1.15. The molecule has 122 valence electrons. The average molecular weight is 348 g/mol. The van der Waals surface area contributed by atoms with Crippen molar-refractivity contribution in [2.75, 3.05) is 39.3 Å². The number of nitrogens with zero attached hydrogens (tertiary/aromatic N) is 2. The van der Waals surface area contributed by atoms with Gasteiger partial charge in [-0.1, -0.05) is 17.7 Å². The van der Waals surface area contributed by atoms with E-state index < -0.39 is 20.7 Å². The first kappa shape index (κ1) is 16.1. The van der Waals surface area contributed by atoms with Crippen LogP contribution in [0.25, 0.3) is 0 Å². The fraction of sp³-hybridized carbons (Fsp3) is 0.571. The number of hydrogen-bond acceptors (Lipinski definition) is 4. The van der Waals surface area contributed by atoms with Crippen LogP contribution in [0.5, 0.6) is 0 Å². The average Bonchev–Trinajstić information content (AvgIpc) is 2.98. The van der Waals surface area contributed by atoms with Gasteiger partial charge in [0, 0.05) is 45.3 Å². The van der Waals surface area contributed by atoms with Gasteiger partial charge in [-0.25, -0.2) is 12.8 Å². The molecule has 2 fully saturated rings. The van der Waals surface area contributed by atoms with Gasteiger partial charge in [-0.2, -0.15) is 4.31 Å². The van der Waals surface area contributed by atoms with Crippen molar-refractivity contribution in [2.45, 2.75) is 17.4 Å². The molecule has 22 heavy (non-hydrogen) atoms. The molecule has 0 amide bonds. The number of benzene rings is 1. The van der Waals surface area contributed by atoms with E-state index in [0.717, 1.165) is 38.7 Å². The first-order valence-corrected chi connectivity index (χ1v) is 9.21. The summed E-state index contributed by atoms with van der Waals surface area (Å²) in [6, 6.07) is 4.14. The molecule has 2 heterocycles. The van der Waals surface area contributed by atoms with Crippen molar-refractivity contribution in [2.24, 2.45) is 0 Å². The molecule has 0 saturated carbocycles. The summed E-state index contributed by atoms with van der Waals surface area (Å²) in [6.07, 6.45) is 0.769. The second-order valence-electron chi connectivity index (χ2n) is 5.64. The molecule has 0 aliphatic carbocycles. The molecule has 2 saturated heterocycles. The molecule has 3 rings (SSSR count). The molecule has 0 bridgehead atoms. The standard InChI is InChI=1S/C14H19ClFN3O2S/c15-12-2-1-3-13(16)14(12)22(20,21)19-7-4-11(10-19)18-8-5-17-6-9-18/h1-3,11,17H,4-10H2. The van der Waals surface area contributed by atoms with Gasteiger partial charge in [-0.15, -0.1) is 0 Å². The highest BCUT2D eigenvalue weighted by molar-refractivity contribution is 7.89. The number of piperazine rings is 1. The van der Waals surface area contributed by atoms with Gasteiger partial charge in [0.2, 0.25) is 10.0 Å². The van der Waals surface area contributed by atoms with E-state index >= 15 is 0 Å². The summed E-state index contributed by atoms with van der Waals surface area (Å²) < 4.78 is 40.6. The normalized spacial score (nSPS) is 24.7. The van der Waals surface area contributed by atoms with Gasteiger partial charge in [0.1, 0.15) is 10.7 Å². The smallest absolute Gasteiger partial charge is 0.247 e. The maximum Gasteiger partial charge on any atom is 0.247 e. The van der Waals surface area contributed by atoms with Crippen LogP contribution in [0.4, 0.5) is 4.39 Å². The number of nitrogens with one attached hydrogen (secondary N) is 1. The van der Waals surface area contributed by atoms with Crippen LogP contribution in [0, 0.1) is 5.82 Å². The van der Waals surface area contributed by atoms with Crippen LogP contribution in [0.2, 0.25) is 5.02 Å². The highest BCUT2D eigenvalue weighted by atomic mass is 35.5. The summed E-state index contributed by atoms with van der Waals surface area (Å²) in [6.45, 7) is 4.47. The van der Waals surface area contributed by atoms with Gasteiger partial charge in [0.25, 0.3) is 0 Å². The third-order valence-electron chi connectivity index (χ3n) is 4.31. The Hall–Kier alpha value is -0.730. The highest BCUT2D eigenvalue weighted by Gasteiger charge is 2.37. The molecule has 1 N–H and O–H groups in total. The Labute approximate surface area is 135 Å². The minimum absolute atomic E-state index is 0.0642. The largest absolute Gasteiger partial charge is 0.314 e. The van der Waals surface area contributed by atoms with Gasteiger partial charge in [-0.3, -0.25) is 4.90 Å². The van der Waals surface area contributed by atoms with Crippen molar-refractivity contribution in [3.05, 3.63) is 29.0 Å². The molecule has 2 aliphatic rings. The fourth-order valence-electron chi connectivity index (χ4n) is 3.13. The van der Waals surface area contributed by atoms with E-state index in [1.54, 1.807) is 0 Å². The molecule has 2 aliphatic heterocycles. The molecule has 0 aromatic heterocycles. The quantitative estimate of drug-likeness (QED) is 0.891. The Morgan fingerprint density at radius 3 is 2.64 bits per heavy atom. The van der Waals surface area contributed by atoms with Crippen LogP contribution in [0.1, 0.15) is 6.42 Å². The Morgan fingerprint density at radius 1 is 1.23 bits per heavy atom. The van der Waals surface area contributed by atoms with E-state index in [4.69, 9.17) is 11.6 Å². The lowest BCUT2D eigenvalue weighted by molar-refractivity contribution is 0.179. The van der Waals surface area contributed by atoms with Gasteiger partial charge < -0.3 is 5.32 Å². The molecule has 8 heteroatoms. The number of sulfonamides is 1. The molecular formula is C14H19ClFN3O2S. The molecule has 0 spiro atoms. The van der Waals surface area contributed by atoms with Gasteiger partial charge in [-0.05, 0) is 18.6 Å². The van der Waals surface area contributed by atoms with Gasteiger partial charge >= 0.3 is 0 Å². The van der Waals surface area contributed by atoms with E-state index in [9.17, 15) is 12.8 Å². The summed E-state index contributed by atoms with van der Waals surface area (Å²) in [7, 11) is -3.89. The maximum atomic E-state index is 13.9. The summed E-state index contributed by atoms with van der Waals surface area (Å²) in [4.78, 5) is 1.90. The fourth-order valence-corrected chi connectivity index (χ4v) is 5.19. The van der Waals surface area contributed by atoms with Crippen molar-refractivity contribution in [3.63, 3.8) is 0 Å². The summed E-state index contributed by atoms with van der Waals surface area (Å²) >= 11 is 5.91. The number of hydrogen-bond donors (Lipinski definition) is 1. The van der Waals surface area contributed by atoms with E-state index in [1.807, 2.05) is 0 Å².